The maximum Gasteiger partial charge on any atom is 0.264 e. The van der Waals surface area contributed by atoms with Crippen LogP contribution in [0.2, 0.25) is 5.02 Å². The number of aryl methyl sites for hydroxylation is 1. The molecule has 5 heteroatoms. The van der Waals surface area contributed by atoms with Gasteiger partial charge >= 0.3 is 0 Å². The Kier molecular flexibility index (Phi) is 5.30. The molecule has 2 aromatic carbocycles. The number of aliphatic imine (C=N–C) groups is 1. The second kappa shape index (κ2) is 7.46. The molecule has 0 radical (unpaired) electrons. The first-order valence-corrected chi connectivity index (χ1v) is 9.27. The first kappa shape index (κ1) is 17.8. The number of hydrogen-bond acceptors (Lipinski definition) is 3. The summed E-state index contributed by atoms with van der Waals surface area (Å²) in [4.78, 5) is 17.4. The number of amidine groups is 1. The van der Waals surface area contributed by atoms with Gasteiger partial charge in [0.05, 0.1) is 10.6 Å². The maximum atomic E-state index is 12.2. The number of amides is 1. The second-order valence-electron chi connectivity index (χ2n) is 6.23. The fraction of sp³-hybridized carbons (Fsp3) is 0.200. The molecule has 0 aromatic heterocycles. The second-order valence-corrected chi connectivity index (χ2v) is 7.70. The van der Waals surface area contributed by atoms with Crippen molar-refractivity contribution in [1.82, 2.24) is 5.32 Å². The average Bonchev–Trinajstić information content (AvgIpc) is 2.90. The lowest BCUT2D eigenvalue weighted by Crippen LogP contribution is -2.19. The van der Waals surface area contributed by atoms with Crippen molar-refractivity contribution in [2.75, 3.05) is 0 Å². The van der Waals surface area contributed by atoms with Crippen LogP contribution >= 0.6 is 23.4 Å². The topological polar surface area (TPSA) is 41.5 Å². The van der Waals surface area contributed by atoms with Crippen molar-refractivity contribution in [1.29, 1.82) is 0 Å². The van der Waals surface area contributed by atoms with Crippen LogP contribution in [0.15, 0.2) is 52.4 Å². The number of hydrogen-bond donors (Lipinski definition) is 1. The zero-order valence-corrected chi connectivity index (χ0v) is 15.9. The number of nitrogens with zero attached hydrogens (tertiary/aromatic N) is 1. The van der Waals surface area contributed by atoms with Crippen LogP contribution in [-0.2, 0) is 4.79 Å². The Labute approximate surface area is 157 Å². The molecule has 2 aromatic rings. The van der Waals surface area contributed by atoms with Crippen LogP contribution in [0.25, 0.3) is 6.08 Å². The summed E-state index contributed by atoms with van der Waals surface area (Å²) in [6.45, 7) is 6.27. The SMILES string of the molecule is Cc1cc(Cl)ccc1N=C1NC(=O)/C(=C/c2ccc(C(C)C)cc2)S1. The Morgan fingerprint density at radius 2 is 1.88 bits per heavy atom. The molecule has 3 nitrogen and oxygen atoms in total. The summed E-state index contributed by atoms with van der Waals surface area (Å²) in [6.07, 6.45) is 1.89. The predicted octanol–water partition coefficient (Wildman–Crippen LogP) is 5.66. The van der Waals surface area contributed by atoms with Crippen molar-refractivity contribution >= 4 is 46.2 Å². The molecule has 1 amide bonds. The van der Waals surface area contributed by atoms with Crippen LogP contribution in [0.3, 0.4) is 0 Å². The fourth-order valence-electron chi connectivity index (χ4n) is 2.46. The van der Waals surface area contributed by atoms with E-state index in [2.05, 4.69) is 36.3 Å². The van der Waals surface area contributed by atoms with E-state index in [0.717, 1.165) is 16.8 Å². The van der Waals surface area contributed by atoms with Gasteiger partial charge in [0.15, 0.2) is 5.17 Å². The van der Waals surface area contributed by atoms with Gasteiger partial charge in [-0.1, -0.05) is 49.7 Å². The summed E-state index contributed by atoms with van der Waals surface area (Å²) in [5, 5.41) is 4.08. The van der Waals surface area contributed by atoms with Gasteiger partial charge in [-0.05, 0) is 65.6 Å². The van der Waals surface area contributed by atoms with Crippen LogP contribution in [0.5, 0.6) is 0 Å². The van der Waals surface area contributed by atoms with E-state index in [-0.39, 0.29) is 5.91 Å². The molecule has 128 valence electrons. The zero-order valence-electron chi connectivity index (χ0n) is 14.3. The van der Waals surface area contributed by atoms with E-state index in [4.69, 9.17) is 11.6 Å². The highest BCUT2D eigenvalue weighted by atomic mass is 35.5. The molecular weight excluding hydrogens is 352 g/mol. The standard InChI is InChI=1S/C20H19ClN2OS/c1-12(2)15-6-4-14(5-7-15)11-18-19(24)23-20(25-18)22-17-9-8-16(21)10-13(17)3/h4-12H,1-3H3,(H,22,23,24)/b18-11-. The van der Waals surface area contributed by atoms with Crippen LogP contribution in [0.1, 0.15) is 36.5 Å². The lowest BCUT2D eigenvalue weighted by atomic mass is 10.0. The molecule has 25 heavy (non-hydrogen) atoms. The van der Waals surface area contributed by atoms with Gasteiger partial charge in [0, 0.05) is 5.02 Å². The van der Waals surface area contributed by atoms with Gasteiger partial charge in [-0.15, -0.1) is 0 Å². The molecule has 3 rings (SSSR count). The summed E-state index contributed by atoms with van der Waals surface area (Å²) in [5.41, 5.74) is 4.06. The van der Waals surface area contributed by atoms with Gasteiger partial charge in [-0.25, -0.2) is 4.99 Å². The number of benzene rings is 2. The predicted molar refractivity (Wildman–Crippen MR) is 108 cm³/mol. The Morgan fingerprint density at radius 3 is 2.52 bits per heavy atom. The lowest BCUT2D eigenvalue weighted by Gasteiger charge is -2.04. The molecule has 1 aliphatic rings. The molecule has 0 atom stereocenters. The molecule has 1 fully saturated rings. The number of rotatable bonds is 3. The van der Waals surface area contributed by atoms with Crippen LogP contribution in [-0.4, -0.2) is 11.1 Å². The average molecular weight is 371 g/mol. The van der Waals surface area contributed by atoms with Crippen molar-refractivity contribution in [2.24, 2.45) is 4.99 Å². The van der Waals surface area contributed by atoms with Crippen molar-refractivity contribution in [3.63, 3.8) is 0 Å². The number of carbonyl (C=O) groups excluding carboxylic acids is 1. The Morgan fingerprint density at radius 1 is 1.16 bits per heavy atom. The Balaban J connectivity index is 1.81. The van der Waals surface area contributed by atoms with E-state index >= 15 is 0 Å². The van der Waals surface area contributed by atoms with Crippen LogP contribution in [0, 0.1) is 6.92 Å². The van der Waals surface area contributed by atoms with E-state index in [9.17, 15) is 4.79 Å². The summed E-state index contributed by atoms with van der Waals surface area (Å²) in [5.74, 6) is 0.371. The fourth-order valence-corrected chi connectivity index (χ4v) is 3.52. The maximum absolute atomic E-state index is 12.2. The Hall–Kier alpha value is -2.04. The number of nitrogens with one attached hydrogen (secondary N) is 1. The number of carbonyl (C=O) groups is 1. The molecule has 1 N–H and O–H groups in total. The van der Waals surface area contributed by atoms with Gasteiger partial charge in [-0.3, -0.25) is 4.79 Å². The highest BCUT2D eigenvalue weighted by Gasteiger charge is 2.23. The van der Waals surface area contributed by atoms with Crippen LogP contribution in [0.4, 0.5) is 5.69 Å². The van der Waals surface area contributed by atoms with E-state index in [1.165, 1.54) is 17.3 Å². The normalized spacial score (nSPS) is 17.6. The van der Waals surface area contributed by atoms with E-state index in [1.807, 2.05) is 37.3 Å². The lowest BCUT2D eigenvalue weighted by molar-refractivity contribution is -0.115. The van der Waals surface area contributed by atoms with Gasteiger partial charge in [-0.2, -0.15) is 0 Å². The monoisotopic (exact) mass is 370 g/mol. The van der Waals surface area contributed by atoms with Crippen LogP contribution < -0.4 is 5.32 Å². The quantitative estimate of drug-likeness (QED) is 0.708. The molecular formula is C20H19ClN2OS. The first-order chi connectivity index (χ1) is 11.9. The summed E-state index contributed by atoms with van der Waals surface area (Å²) < 4.78 is 0. The minimum atomic E-state index is -0.122. The molecule has 0 unspecified atom stereocenters. The third kappa shape index (κ3) is 4.33. The van der Waals surface area contributed by atoms with Crippen molar-refractivity contribution < 1.29 is 4.79 Å². The van der Waals surface area contributed by atoms with E-state index < -0.39 is 0 Å². The molecule has 0 aliphatic carbocycles. The van der Waals surface area contributed by atoms with E-state index in [0.29, 0.717) is 21.0 Å². The van der Waals surface area contributed by atoms with E-state index in [1.54, 1.807) is 6.07 Å². The van der Waals surface area contributed by atoms with Gasteiger partial charge < -0.3 is 5.32 Å². The highest BCUT2D eigenvalue weighted by Crippen LogP contribution is 2.30. The van der Waals surface area contributed by atoms with Gasteiger partial charge in [0.1, 0.15) is 0 Å². The minimum Gasteiger partial charge on any atom is -0.300 e. The minimum absolute atomic E-state index is 0.122. The number of thioether (sulfide) groups is 1. The largest absolute Gasteiger partial charge is 0.300 e. The van der Waals surface area contributed by atoms with Gasteiger partial charge in [0.25, 0.3) is 5.91 Å². The highest BCUT2D eigenvalue weighted by molar-refractivity contribution is 8.18. The molecule has 0 bridgehead atoms. The first-order valence-electron chi connectivity index (χ1n) is 8.08. The molecule has 1 saturated heterocycles. The smallest absolute Gasteiger partial charge is 0.264 e. The van der Waals surface area contributed by atoms with Gasteiger partial charge in [0.2, 0.25) is 0 Å². The molecule has 0 saturated carbocycles. The molecule has 1 heterocycles. The zero-order chi connectivity index (χ0) is 18.0. The van der Waals surface area contributed by atoms with Crippen molar-refractivity contribution in [3.05, 3.63) is 69.1 Å². The summed E-state index contributed by atoms with van der Waals surface area (Å²) >= 11 is 7.32. The molecule has 0 spiro atoms. The summed E-state index contributed by atoms with van der Waals surface area (Å²) in [7, 11) is 0. The third-order valence-electron chi connectivity index (χ3n) is 3.93. The number of halogens is 1. The summed E-state index contributed by atoms with van der Waals surface area (Å²) in [6, 6.07) is 13.8. The van der Waals surface area contributed by atoms with Crippen molar-refractivity contribution in [2.45, 2.75) is 26.7 Å². The van der Waals surface area contributed by atoms with Crippen molar-refractivity contribution in [3.8, 4) is 0 Å². The molecule has 1 aliphatic heterocycles. The third-order valence-corrected chi connectivity index (χ3v) is 5.08. The Bertz CT molecular complexity index is 870.